The fourth-order valence-electron chi connectivity index (χ4n) is 3.48. The summed E-state index contributed by atoms with van der Waals surface area (Å²) in [6, 6.07) is 6.99. The first-order valence-electron chi connectivity index (χ1n) is 10.2. The third-order valence-electron chi connectivity index (χ3n) is 5.09. The molecular formula is C22H30FIN4OS. The maximum atomic E-state index is 13.2. The van der Waals surface area contributed by atoms with Crippen molar-refractivity contribution in [2.45, 2.75) is 39.7 Å². The van der Waals surface area contributed by atoms with Crippen molar-refractivity contribution < 1.29 is 9.18 Å². The lowest BCUT2D eigenvalue weighted by Gasteiger charge is -2.26. The van der Waals surface area contributed by atoms with Crippen LogP contribution in [0.1, 0.15) is 34.9 Å². The lowest BCUT2D eigenvalue weighted by molar-refractivity contribution is -0.131. The third kappa shape index (κ3) is 6.94. The largest absolute Gasteiger partial charge is 0.357 e. The Morgan fingerprint density at radius 1 is 1.30 bits per heavy atom. The normalized spacial score (nSPS) is 13.4. The first-order valence-corrected chi connectivity index (χ1v) is 11.0. The van der Waals surface area contributed by atoms with Crippen molar-refractivity contribution >= 4 is 47.2 Å². The second-order valence-electron chi connectivity index (χ2n) is 7.19. The van der Waals surface area contributed by atoms with E-state index in [1.165, 1.54) is 16.5 Å². The summed E-state index contributed by atoms with van der Waals surface area (Å²) in [5, 5.41) is 8.61. The number of carbonyl (C=O) groups excluding carboxylic acids is 1. The molecule has 30 heavy (non-hydrogen) atoms. The van der Waals surface area contributed by atoms with E-state index in [0.29, 0.717) is 25.5 Å². The summed E-state index contributed by atoms with van der Waals surface area (Å²) >= 11 is 1.78. The highest BCUT2D eigenvalue weighted by Gasteiger charge is 2.20. The van der Waals surface area contributed by atoms with Gasteiger partial charge >= 0.3 is 0 Å². The quantitative estimate of drug-likeness (QED) is 0.316. The second kappa shape index (κ2) is 12.2. The molecule has 8 heteroatoms. The molecule has 0 saturated heterocycles. The highest BCUT2D eigenvalue weighted by atomic mass is 127. The van der Waals surface area contributed by atoms with E-state index in [-0.39, 0.29) is 35.7 Å². The molecule has 1 aliphatic rings. The van der Waals surface area contributed by atoms with Crippen LogP contribution >= 0.6 is 35.3 Å². The number of nitrogens with zero attached hydrogens (tertiary/aromatic N) is 2. The summed E-state index contributed by atoms with van der Waals surface area (Å²) in [6.45, 7) is 7.35. The number of carbonyl (C=O) groups is 1. The highest BCUT2D eigenvalue weighted by molar-refractivity contribution is 14.0. The molecule has 0 saturated carbocycles. The number of hydrogen-bond acceptors (Lipinski definition) is 3. The summed E-state index contributed by atoms with van der Waals surface area (Å²) in [5.41, 5.74) is 3.35. The molecule has 2 aromatic rings. The van der Waals surface area contributed by atoms with Crippen LogP contribution < -0.4 is 10.6 Å². The van der Waals surface area contributed by atoms with Gasteiger partial charge in [0.25, 0.3) is 0 Å². The van der Waals surface area contributed by atoms with Gasteiger partial charge in [-0.25, -0.2) is 4.39 Å². The molecule has 0 fully saturated rings. The molecule has 2 heterocycles. The molecule has 0 unspecified atom stereocenters. The Labute approximate surface area is 199 Å². The van der Waals surface area contributed by atoms with Gasteiger partial charge in [0.1, 0.15) is 5.82 Å². The van der Waals surface area contributed by atoms with Crippen LogP contribution in [-0.2, 0) is 24.2 Å². The molecule has 0 atom stereocenters. The highest BCUT2D eigenvalue weighted by Crippen LogP contribution is 2.24. The molecule has 164 valence electrons. The molecule has 3 rings (SSSR count). The Hall–Kier alpha value is -1.68. The van der Waals surface area contributed by atoms with E-state index in [4.69, 9.17) is 0 Å². The number of nitrogens with one attached hydrogen (secondary N) is 2. The van der Waals surface area contributed by atoms with Crippen LogP contribution in [0, 0.1) is 12.7 Å². The van der Waals surface area contributed by atoms with Crippen molar-refractivity contribution in [2.75, 3.05) is 26.2 Å². The van der Waals surface area contributed by atoms with Gasteiger partial charge in [0, 0.05) is 37.5 Å². The summed E-state index contributed by atoms with van der Waals surface area (Å²) in [7, 11) is 0. The van der Waals surface area contributed by atoms with E-state index in [1.807, 2.05) is 24.8 Å². The van der Waals surface area contributed by atoms with Crippen LogP contribution in [0.2, 0.25) is 0 Å². The van der Waals surface area contributed by atoms with Gasteiger partial charge in [-0.3, -0.25) is 9.79 Å². The molecule has 0 spiro atoms. The van der Waals surface area contributed by atoms with Gasteiger partial charge in [-0.15, -0.1) is 35.3 Å². The smallest absolute Gasteiger partial charge is 0.224 e. The summed E-state index contributed by atoms with van der Waals surface area (Å²) < 4.78 is 13.2. The van der Waals surface area contributed by atoms with E-state index >= 15 is 0 Å². The Balaban J connectivity index is 0.00000320. The molecule has 0 aliphatic carbocycles. The molecule has 0 radical (unpaired) electrons. The number of fused-ring (bicyclic) bond motifs is 1. The Kier molecular flexibility index (Phi) is 10.0. The third-order valence-corrected chi connectivity index (χ3v) is 6.11. The van der Waals surface area contributed by atoms with E-state index in [2.05, 4.69) is 27.1 Å². The fourth-order valence-corrected chi connectivity index (χ4v) is 4.37. The predicted molar refractivity (Wildman–Crippen MR) is 132 cm³/mol. The van der Waals surface area contributed by atoms with Crippen molar-refractivity contribution in [3.05, 3.63) is 57.0 Å². The van der Waals surface area contributed by atoms with Gasteiger partial charge in [0.2, 0.25) is 5.91 Å². The zero-order valence-electron chi connectivity index (χ0n) is 17.5. The average Bonchev–Trinajstić information content (AvgIpc) is 3.17. The molecule has 1 aromatic carbocycles. The SMILES string of the molecule is CCNC(=NCCC(=O)N1CCc2sccc2C1)NCCc1ccc(F)cc1C.I. The standard InChI is InChI=1S/C22H29FN4OS.HI/c1-3-24-22(25-10-6-17-4-5-19(23)14-16(17)2)26-11-7-21(28)27-12-8-20-18(15-27)9-13-29-20;/h4-5,9,13-14H,3,6-8,10-12,15H2,1-2H3,(H2,24,25,26);1H. The average molecular weight is 544 g/mol. The minimum absolute atomic E-state index is 0. The number of halogens is 2. The number of aliphatic imine (C=N–C) groups is 1. The van der Waals surface area contributed by atoms with Crippen molar-refractivity contribution in [1.82, 2.24) is 15.5 Å². The topological polar surface area (TPSA) is 56.7 Å². The minimum Gasteiger partial charge on any atom is -0.357 e. The van der Waals surface area contributed by atoms with Gasteiger partial charge < -0.3 is 15.5 Å². The molecular weight excluding hydrogens is 514 g/mol. The first-order chi connectivity index (χ1) is 14.1. The molecule has 1 aliphatic heterocycles. The van der Waals surface area contributed by atoms with E-state index in [0.717, 1.165) is 43.6 Å². The number of guanidine groups is 1. The van der Waals surface area contributed by atoms with Crippen LogP contribution in [0.25, 0.3) is 0 Å². The molecule has 5 nitrogen and oxygen atoms in total. The Morgan fingerprint density at radius 3 is 2.90 bits per heavy atom. The minimum atomic E-state index is -0.206. The van der Waals surface area contributed by atoms with Gasteiger partial charge in [0.05, 0.1) is 6.54 Å². The van der Waals surface area contributed by atoms with Crippen LogP contribution in [-0.4, -0.2) is 42.9 Å². The second-order valence-corrected chi connectivity index (χ2v) is 8.19. The number of thiophene rings is 1. The van der Waals surface area contributed by atoms with Gasteiger partial charge in [-0.05, 0) is 67.0 Å². The van der Waals surface area contributed by atoms with Gasteiger partial charge in [-0.2, -0.15) is 0 Å². The van der Waals surface area contributed by atoms with Crippen molar-refractivity contribution in [1.29, 1.82) is 0 Å². The van der Waals surface area contributed by atoms with Gasteiger partial charge in [0.15, 0.2) is 5.96 Å². The number of amides is 1. The molecule has 2 N–H and O–H groups in total. The van der Waals surface area contributed by atoms with Gasteiger partial charge in [-0.1, -0.05) is 6.07 Å². The molecule has 0 bridgehead atoms. The monoisotopic (exact) mass is 544 g/mol. The summed E-state index contributed by atoms with van der Waals surface area (Å²) in [6.07, 6.45) is 2.15. The maximum Gasteiger partial charge on any atom is 0.224 e. The number of rotatable bonds is 7. The lowest BCUT2D eigenvalue weighted by Crippen LogP contribution is -2.39. The molecule has 1 amide bonds. The summed E-state index contributed by atoms with van der Waals surface area (Å²) in [4.78, 5) is 20.4. The van der Waals surface area contributed by atoms with Crippen molar-refractivity contribution in [3.8, 4) is 0 Å². The van der Waals surface area contributed by atoms with Crippen LogP contribution in [0.15, 0.2) is 34.6 Å². The van der Waals surface area contributed by atoms with Crippen LogP contribution in [0.5, 0.6) is 0 Å². The number of aryl methyl sites for hydroxylation is 1. The Bertz CT molecular complexity index is 871. The summed E-state index contributed by atoms with van der Waals surface area (Å²) in [5.74, 6) is 0.657. The van der Waals surface area contributed by atoms with Crippen molar-refractivity contribution in [2.24, 2.45) is 4.99 Å². The van der Waals surface area contributed by atoms with Crippen LogP contribution in [0.3, 0.4) is 0 Å². The van der Waals surface area contributed by atoms with Crippen molar-refractivity contribution in [3.63, 3.8) is 0 Å². The molecule has 1 aromatic heterocycles. The zero-order chi connectivity index (χ0) is 20.6. The zero-order valence-corrected chi connectivity index (χ0v) is 20.7. The number of benzene rings is 1. The van der Waals surface area contributed by atoms with E-state index in [9.17, 15) is 9.18 Å². The number of hydrogen-bond donors (Lipinski definition) is 2. The fraction of sp³-hybridized carbons (Fsp3) is 0.455. The predicted octanol–water partition coefficient (Wildman–Crippen LogP) is 3.89. The first kappa shape index (κ1) is 24.6. The maximum absolute atomic E-state index is 13.2. The van der Waals surface area contributed by atoms with E-state index in [1.54, 1.807) is 17.4 Å². The Morgan fingerprint density at radius 2 is 2.13 bits per heavy atom. The van der Waals surface area contributed by atoms with Crippen LogP contribution in [0.4, 0.5) is 4.39 Å². The van der Waals surface area contributed by atoms with E-state index < -0.39 is 0 Å². The lowest BCUT2D eigenvalue weighted by atomic mass is 10.1.